The molecular formula is C19H24N2O5S. The first-order chi connectivity index (χ1) is 13.0. The van der Waals surface area contributed by atoms with E-state index in [4.69, 9.17) is 14.2 Å². The molecule has 27 heavy (non-hydrogen) atoms. The number of nitrogens with one attached hydrogen (secondary N) is 2. The van der Waals surface area contributed by atoms with Crippen molar-refractivity contribution in [3.05, 3.63) is 34.5 Å². The van der Waals surface area contributed by atoms with E-state index in [1.807, 2.05) is 17.5 Å². The number of anilines is 1. The SMILES string of the molecule is COc1cc(NC(=O)NCC(O)(c2cccs2)C2CC2)cc(OC)c1OC. The Balaban J connectivity index is 1.69. The van der Waals surface area contributed by atoms with Gasteiger partial charge in [0.25, 0.3) is 0 Å². The van der Waals surface area contributed by atoms with Gasteiger partial charge in [-0.15, -0.1) is 11.3 Å². The summed E-state index contributed by atoms with van der Waals surface area (Å²) in [6.07, 6.45) is 1.93. The van der Waals surface area contributed by atoms with E-state index in [1.54, 1.807) is 12.1 Å². The minimum Gasteiger partial charge on any atom is -0.493 e. The van der Waals surface area contributed by atoms with Crippen LogP contribution in [0.15, 0.2) is 29.6 Å². The molecule has 8 heteroatoms. The van der Waals surface area contributed by atoms with Crippen LogP contribution in [0, 0.1) is 5.92 Å². The van der Waals surface area contributed by atoms with E-state index in [2.05, 4.69) is 10.6 Å². The number of carbonyl (C=O) groups is 1. The lowest BCUT2D eigenvalue weighted by Gasteiger charge is -2.27. The molecule has 1 heterocycles. The molecule has 0 saturated heterocycles. The summed E-state index contributed by atoms with van der Waals surface area (Å²) in [5, 5.41) is 18.5. The number of hydrogen-bond acceptors (Lipinski definition) is 6. The van der Waals surface area contributed by atoms with Gasteiger partial charge < -0.3 is 30.0 Å². The fraction of sp³-hybridized carbons (Fsp3) is 0.421. The van der Waals surface area contributed by atoms with Crippen LogP contribution in [-0.4, -0.2) is 39.0 Å². The normalized spacial score (nSPS) is 15.6. The number of methoxy groups -OCH3 is 3. The minimum absolute atomic E-state index is 0.147. The van der Waals surface area contributed by atoms with Gasteiger partial charge in [-0.1, -0.05) is 6.07 Å². The lowest BCUT2D eigenvalue weighted by Crippen LogP contribution is -2.43. The summed E-state index contributed by atoms with van der Waals surface area (Å²) < 4.78 is 15.9. The largest absolute Gasteiger partial charge is 0.493 e. The van der Waals surface area contributed by atoms with Crippen molar-refractivity contribution in [1.29, 1.82) is 0 Å². The van der Waals surface area contributed by atoms with Crippen molar-refractivity contribution in [2.45, 2.75) is 18.4 Å². The number of carbonyl (C=O) groups excluding carboxylic acids is 1. The lowest BCUT2D eigenvalue weighted by atomic mass is 9.96. The molecule has 1 unspecified atom stereocenters. The molecule has 0 spiro atoms. The Hall–Kier alpha value is -2.45. The predicted octanol–water partition coefficient (Wildman–Crippen LogP) is 3.19. The van der Waals surface area contributed by atoms with Crippen molar-refractivity contribution >= 4 is 23.1 Å². The number of aliphatic hydroxyl groups is 1. The molecule has 1 aromatic heterocycles. The highest BCUT2D eigenvalue weighted by Gasteiger charge is 2.46. The Bertz CT molecular complexity index is 766. The Kier molecular flexibility index (Phi) is 5.76. The maximum Gasteiger partial charge on any atom is 0.319 e. The van der Waals surface area contributed by atoms with Crippen LogP contribution in [-0.2, 0) is 5.60 Å². The van der Waals surface area contributed by atoms with Gasteiger partial charge in [-0.05, 0) is 30.2 Å². The highest BCUT2D eigenvalue weighted by Crippen LogP contribution is 2.46. The zero-order valence-corrected chi connectivity index (χ0v) is 16.4. The van der Waals surface area contributed by atoms with Gasteiger partial charge in [-0.25, -0.2) is 4.79 Å². The van der Waals surface area contributed by atoms with E-state index in [0.29, 0.717) is 22.9 Å². The van der Waals surface area contributed by atoms with Crippen LogP contribution >= 0.6 is 11.3 Å². The second-order valence-electron chi connectivity index (χ2n) is 6.40. The fourth-order valence-corrected chi connectivity index (χ4v) is 3.97. The molecule has 1 fully saturated rings. The third kappa shape index (κ3) is 4.12. The first-order valence-electron chi connectivity index (χ1n) is 8.63. The van der Waals surface area contributed by atoms with Gasteiger partial charge in [-0.3, -0.25) is 0 Å². The van der Waals surface area contributed by atoms with E-state index in [1.165, 1.54) is 32.7 Å². The molecule has 7 nitrogen and oxygen atoms in total. The summed E-state index contributed by atoms with van der Waals surface area (Å²) in [5.74, 6) is 1.52. The second kappa shape index (κ2) is 8.06. The summed E-state index contributed by atoms with van der Waals surface area (Å²) >= 11 is 1.50. The molecular weight excluding hydrogens is 368 g/mol. The van der Waals surface area contributed by atoms with Crippen LogP contribution in [0.5, 0.6) is 17.2 Å². The summed E-state index contributed by atoms with van der Waals surface area (Å²) in [7, 11) is 4.54. The van der Waals surface area contributed by atoms with Crippen LogP contribution in [0.2, 0.25) is 0 Å². The van der Waals surface area contributed by atoms with Gasteiger partial charge in [-0.2, -0.15) is 0 Å². The quantitative estimate of drug-likeness (QED) is 0.642. The standard InChI is InChI=1S/C19H24N2O5S/c1-24-14-9-13(10-15(25-2)17(14)26-3)21-18(22)20-11-19(23,12-6-7-12)16-5-4-8-27-16/h4-5,8-10,12,23H,6-7,11H2,1-3H3,(H2,20,21,22). The van der Waals surface area contributed by atoms with Crippen LogP contribution in [0.25, 0.3) is 0 Å². The second-order valence-corrected chi connectivity index (χ2v) is 7.35. The number of hydrogen-bond donors (Lipinski definition) is 3. The molecule has 1 atom stereocenters. The molecule has 1 aliphatic carbocycles. The molecule has 1 aliphatic rings. The Morgan fingerprint density at radius 3 is 2.37 bits per heavy atom. The van der Waals surface area contributed by atoms with E-state index in [-0.39, 0.29) is 12.5 Å². The molecule has 0 radical (unpaired) electrons. The molecule has 2 amide bonds. The molecule has 1 saturated carbocycles. The highest BCUT2D eigenvalue weighted by molar-refractivity contribution is 7.10. The van der Waals surface area contributed by atoms with E-state index in [9.17, 15) is 9.90 Å². The van der Waals surface area contributed by atoms with Crippen LogP contribution in [0.3, 0.4) is 0 Å². The molecule has 2 aromatic rings. The van der Waals surface area contributed by atoms with Crippen molar-refractivity contribution < 1.29 is 24.1 Å². The van der Waals surface area contributed by atoms with E-state index >= 15 is 0 Å². The molecule has 3 N–H and O–H groups in total. The number of rotatable bonds is 8. The van der Waals surface area contributed by atoms with Gasteiger partial charge in [0, 0.05) is 17.0 Å². The minimum atomic E-state index is -1.03. The number of benzene rings is 1. The Morgan fingerprint density at radius 2 is 1.89 bits per heavy atom. The maximum absolute atomic E-state index is 12.4. The molecule has 146 valence electrons. The van der Waals surface area contributed by atoms with Gasteiger partial charge in [0.1, 0.15) is 5.60 Å². The van der Waals surface area contributed by atoms with Crippen molar-refractivity contribution in [3.63, 3.8) is 0 Å². The third-order valence-electron chi connectivity index (χ3n) is 4.64. The monoisotopic (exact) mass is 392 g/mol. The van der Waals surface area contributed by atoms with Crippen LogP contribution in [0.1, 0.15) is 17.7 Å². The lowest BCUT2D eigenvalue weighted by molar-refractivity contribution is 0.0200. The predicted molar refractivity (Wildman–Crippen MR) is 104 cm³/mol. The molecule has 0 aliphatic heterocycles. The first-order valence-corrected chi connectivity index (χ1v) is 9.51. The smallest absolute Gasteiger partial charge is 0.319 e. The van der Waals surface area contributed by atoms with E-state index < -0.39 is 11.6 Å². The number of thiophene rings is 1. The fourth-order valence-electron chi connectivity index (χ4n) is 3.06. The van der Waals surface area contributed by atoms with Crippen molar-refractivity contribution in [2.75, 3.05) is 33.2 Å². The summed E-state index contributed by atoms with van der Waals surface area (Å²) in [5.41, 5.74) is -0.533. The number of urea groups is 1. The summed E-state index contributed by atoms with van der Waals surface area (Å²) in [6, 6.07) is 6.69. The number of amides is 2. The van der Waals surface area contributed by atoms with Crippen LogP contribution in [0.4, 0.5) is 10.5 Å². The average molecular weight is 392 g/mol. The average Bonchev–Trinajstić information content (AvgIpc) is 3.39. The zero-order valence-electron chi connectivity index (χ0n) is 15.6. The zero-order chi connectivity index (χ0) is 19.4. The van der Waals surface area contributed by atoms with Gasteiger partial charge in [0.05, 0.1) is 33.6 Å². The van der Waals surface area contributed by atoms with Crippen molar-refractivity contribution in [2.24, 2.45) is 5.92 Å². The molecule has 1 aromatic carbocycles. The molecule has 0 bridgehead atoms. The van der Waals surface area contributed by atoms with Crippen molar-refractivity contribution in [3.8, 4) is 17.2 Å². The molecule has 3 rings (SSSR count). The number of ether oxygens (including phenoxy) is 3. The van der Waals surface area contributed by atoms with Crippen molar-refractivity contribution in [1.82, 2.24) is 5.32 Å². The topological polar surface area (TPSA) is 89.1 Å². The third-order valence-corrected chi connectivity index (χ3v) is 5.68. The van der Waals surface area contributed by atoms with Gasteiger partial charge in [0.15, 0.2) is 11.5 Å². The Morgan fingerprint density at radius 1 is 1.22 bits per heavy atom. The van der Waals surface area contributed by atoms with Gasteiger partial charge >= 0.3 is 6.03 Å². The summed E-state index contributed by atoms with van der Waals surface area (Å²) in [4.78, 5) is 13.3. The van der Waals surface area contributed by atoms with Crippen LogP contribution < -0.4 is 24.8 Å². The Labute approximate surface area is 162 Å². The highest BCUT2D eigenvalue weighted by atomic mass is 32.1. The van der Waals surface area contributed by atoms with E-state index in [0.717, 1.165) is 17.7 Å². The first kappa shape index (κ1) is 19.3. The maximum atomic E-state index is 12.4. The van der Waals surface area contributed by atoms with Gasteiger partial charge in [0.2, 0.25) is 5.75 Å². The summed E-state index contributed by atoms with van der Waals surface area (Å²) in [6.45, 7) is 0.147.